The summed E-state index contributed by atoms with van der Waals surface area (Å²) < 4.78 is 5.44. The van der Waals surface area contributed by atoms with Gasteiger partial charge in [0.05, 0.1) is 17.7 Å². The number of fused-ring (bicyclic) bond motifs is 1. The van der Waals surface area contributed by atoms with Crippen LogP contribution in [0.2, 0.25) is 0 Å². The van der Waals surface area contributed by atoms with Crippen LogP contribution in [0.15, 0.2) is 48.5 Å². The molecule has 25 heavy (non-hydrogen) atoms. The Morgan fingerprint density at radius 1 is 0.960 bits per heavy atom. The highest BCUT2D eigenvalue weighted by molar-refractivity contribution is 6.21. The van der Waals surface area contributed by atoms with E-state index in [0.29, 0.717) is 30.8 Å². The first-order chi connectivity index (χ1) is 12.1. The van der Waals surface area contributed by atoms with Gasteiger partial charge in [0.25, 0.3) is 11.8 Å². The van der Waals surface area contributed by atoms with Crippen LogP contribution >= 0.6 is 0 Å². The maximum atomic E-state index is 12.3. The number of benzene rings is 2. The van der Waals surface area contributed by atoms with Crippen LogP contribution in [0.4, 0.5) is 0 Å². The number of hydrogen-bond donors (Lipinski definition) is 0. The minimum Gasteiger partial charge on any atom is -0.494 e. The topological polar surface area (TPSA) is 49.9 Å². The van der Waals surface area contributed by atoms with E-state index in [0.717, 1.165) is 17.9 Å². The molecule has 0 aromatic heterocycles. The molecule has 0 saturated heterocycles. The van der Waals surface area contributed by atoms with Crippen molar-refractivity contribution in [1.82, 2.24) is 9.80 Å². The average molecular weight is 338 g/mol. The summed E-state index contributed by atoms with van der Waals surface area (Å²) in [7, 11) is 1.98. The number of likely N-dealkylation sites (N-methyl/N-ethyl adjacent to an activating group) is 1. The van der Waals surface area contributed by atoms with Gasteiger partial charge in [0.2, 0.25) is 0 Å². The quantitative estimate of drug-likeness (QED) is 0.729. The maximum Gasteiger partial charge on any atom is 0.261 e. The van der Waals surface area contributed by atoms with Crippen LogP contribution in [0.1, 0.15) is 33.2 Å². The lowest BCUT2D eigenvalue weighted by Crippen LogP contribution is -2.36. The zero-order valence-electron chi connectivity index (χ0n) is 14.6. The molecule has 0 fully saturated rings. The van der Waals surface area contributed by atoms with Crippen LogP contribution in [-0.2, 0) is 6.54 Å². The van der Waals surface area contributed by atoms with Crippen LogP contribution < -0.4 is 4.74 Å². The Morgan fingerprint density at radius 3 is 2.12 bits per heavy atom. The second-order valence-electron chi connectivity index (χ2n) is 6.12. The minimum absolute atomic E-state index is 0.199. The largest absolute Gasteiger partial charge is 0.494 e. The first-order valence-electron chi connectivity index (χ1n) is 8.45. The van der Waals surface area contributed by atoms with Crippen molar-refractivity contribution < 1.29 is 14.3 Å². The fourth-order valence-electron chi connectivity index (χ4n) is 2.96. The molecule has 0 unspecified atom stereocenters. The van der Waals surface area contributed by atoms with Crippen molar-refractivity contribution in [3.8, 4) is 5.75 Å². The molecule has 1 aliphatic rings. The molecule has 2 amide bonds. The van der Waals surface area contributed by atoms with Crippen LogP contribution in [0, 0.1) is 0 Å². The van der Waals surface area contributed by atoms with Gasteiger partial charge in [-0.2, -0.15) is 0 Å². The van der Waals surface area contributed by atoms with Crippen LogP contribution in [0.25, 0.3) is 0 Å². The maximum absolute atomic E-state index is 12.3. The fourth-order valence-corrected chi connectivity index (χ4v) is 2.96. The third-order valence-electron chi connectivity index (χ3n) is 4.27. The van der Waals surface area contributed by atoms with E-state index in [1.54, 1.807) is 24.3 Å². The molecule has 0 bridgehead atoms. The van der Waals surface area contributed by atoms with E-state index in [1.165, 1.54) is 4.90 Å². The third-order valence-corrected chi connectivity index (χ3v) is 4.27. The third kappa shape index (κ3) is 3.72. The van der Waals surface area contributed by atoms with Crippen molar-refractivity contribution in [3.05, 3.63) is 65.2 Å². The van der Waals surface area contributed by atoms with E-state index in [1.807, 2.05) is 38.2 Å². The van der Waals surface area contributed by atoms with Crippen LogP contribution in [0.3, 0.4) is 0 Å². The van der Waals surface area contributed by atoms with Crippen LogP contribution in [0.5, 0.6) is 5.75 Å². The number of rotatable bonds is 7. The molecule has 0 N–H and O–H groups in total. The van der Waals surface area contributed by atoms with E-state index in [4.69, 9.17) is 4.74 Å². The van der Waals surface area contributed by atoms with Gasteiger partial charge in [-0.15, -0.1) is 0 Å². The van der Waals surface area contributed by atoms with Gasteiger partial charge >= 0.3 is 0 Å². The summed E-state index contributed by atoms with van der Waals surface area (Å²) in [6.45, 7) is 4.37. The van der Waals surface area contributed by atoms with Gasteiger partial charge < -0.3 is 9.64 Å². The molecule has 0 spiro atoms. The number of hydrogen-bond acceptors (Lipinski definition) is 4. The molecule has 0 saturated carbocycles. The van der Waals surface area contributed by atoms with Gasteiger partial charge in [0.15, 0.2) is 0 Å². The highest BCUT2D eigenvalue weighted by atomic mass is 16.5. The zero-order chi connectivity index (χ0) is 17.8. The van der Waals surface area contributed by atoms with Gasteiger partial charge in [-0.3, -0.25) is 14.5 Å². The molecule has 1 heterocycles. The van der Waals surface area contributed by atoms with Crippen LogP contribution in [-0.4, -0.2) is 48.4 Å². The van der Waals surface area contributed by atoms with E-state index in [-0.39, 0.29) is 11.8 Å². The van der Waals surface area contributed by atoms with E-state index < -0.39 is 0 Å². The number of carbonyl (C=O) groups excluding carboxylic acids is 2. The summed E-state index contributed by atoms with van der Waals surface area (Å²) in [6, 6.07) is 15.0. The molecular formula is C20H22N2O3. The Morgan fingerprint density at radius 2 is 1.56 bits per heavy atom. The lowest BCUT2D eigenvalue weighted by atomic mass is 10.1. The lowest BCUT2D eigenvalue weighted by molar-refractivity contribution is 0.0640. The van der Waals surface area contributed by atoms with Gasteiger partial charge in [0.1, 0.15) is 5.75 Å². The second-order valence-corrected chi connectivity index (χ2v) is 6.12. The average Bonchev–Trinajstić information content (AvgIpc) is 2.86. The smallest absolute Gasteiger partial charge is 0.261 e. The van der Waals surface area contributed by atoms with Crippen molar-refractivity contribution in [2.75, 3.05) is 26.7 Å². The fraction of sp³-hybridized carbons (Fsp3) is 0.300. The molecule has 5 heteroatoms. The lowest BCUT2D eigenvalue weighted by Gasteiger charge is -2.20. The molecular weight excluding hydrogens is 316 g/mol. The van der Waals surface area contributed by atoms with Gasteiger partial charge in [-0.05, 0) is 43.8 Å². The monoisotopic (exact) mass is 338 g/mol. The first-order valence-corrected chi connectivity index (χ1v) is 8.45. The number of ether oxygens (including phenoxy) is 1. The van der Waals surface area contributed by atoms with Crippen molar-refractivity contribution in [3.63, 3.8) is 0 Å². The second kappa shape index (κ2) is 7.49. The summed E-state index contributed by atoms with van der Waals surface area (Å²) in [5.74, 6) is 0.463. The number of carbonyl (C=O) groups is 2. The number of nitrogens with zero attached hydrogens (tertiary/aromatic N) is 2. The zero-order valence-corrected chi connectivity index (χ0v) is 14.6. The van der Waals surface area contributed by atoms with Gasteiger partial charge in [-0.1, -0.05) is 24.3 Å². The molecule has 0 radical (unpaired) electrons. The summed E-state index contributed by atoms with van der Waals surface area (Å²) in [5, 5.41) is 0. The van der Waals surface area contributed by atoms with E-state index in [9.17, 15) is 9.59 Å². The van der Waals surface area contributed by atoms with Crippen molar-refractivity contribution in [1.29, 1.82) is 0 Å². The molecule has 0 aliphatic carbocycles. The van der Waals surface area contributed by atoms with E-state index in [2.05, 4.69) is 4.90 Å². The Kier molecular flexibility index (Phi) is 5.14. The summed E-state index contributed by atoms with van der Waals surface area (Å²) in [6.07, 6.45) is 0. The molecule has 1 aliphatic heterocycles. The molecule has 130 valence electrons. The molecule has 3 rings (SSSR count). The Bertz CT molecular complexity index is 736. The minimum atomic E-state index is -0.199. The van der Waals surface area contributed by atoms with Crippen molar-refractivity contribution in [2.24, 2.45) is 0 Å². The molecule has 2 aromatic carbocycles. The molecule has 2 aromatic rings. The Hall–Kier alpha value is -2.66. The summed E-state index contributed by atoms with van der Waals surface area (Å²) in [4.78, 5) is 28.1. The van der Waals surface area contributed by atoms with Crippen molar-refractivity contribution >= 4 is 11.8 Å². The standard InChI is InChI=1S/C20H22N2O3/c1-3-25-16-10-8-15(9-11-16)14-21(2)12-13-22-19(23)17-6-4-5-7-18(17)20(22)24/h4-11H,3,12-14H2,1-2H3. The highest BCUT2D eigenvalue weighted by Crippen LogP contribution is 2.22. The Balaban J connectivity index is 1.55. The predicted molar refractivity (Wildman–Crippen MR) is 95.8 cm³/mol. The summed E-state index contributed by atoms with van der Waals surface area (Å²) >= 11 is 0. The van der Waals surface area contributed by atoms with Crippen molar-refractivity contribution in [2.45, 2.75) is 13.5 Å². The highest BCUT2D eigenvalue weighted by Gasteiger charge is 2.34. The van der Waals surface area contributed by atoms with Gasteiger partial charge in [0, 0.05) is 19.6 Å². The normalized spacial score (nSPS) is 13.5. The van der Waals surface area contributed by atoms with Gasteiger partial charge in [-0.25, -0.2) is 0 Å². The molecule has 0 atom stereocenters. The number of imide groups is 1. The summed E-state index contributed by atoms with van der Waals surface area (Å²) in [5.41, 5.74) is 2.16. The van der Waals surface area contributed by atoms with E-state index >= 15 is 0 Å². The Labute approximate surface area is 147 Å². The SMILES string of the molecule is CCOc1ccc(CN(C)CCN2C(=O)c3ccccc3C2=O)cc1. The number of amides is 2. The molecule has 5 nitrogen and oxygen atoms in total. The predicted octanol–water partition coefficient (Wildman–Crippen LogP) is 2.81. The first kappa shape index (κ1) is 17.2.